The van der Waals surface area contributed by atoms with Gasteiger partial charge in [0.05, 0.1) is 5.97 Å². The van der Waals surface area contributed by atoms with Crippen LogP contribution < -0.4 is 5.11 Å². The summed E-state index contributed by atoms with van der Waals surface area (Å²) in [4.78, 5) is 19.7. The molecule has 4 heteroatoms. The van der Waals surface area contributed by atoms with Crippen LogP contribution >= 0.6 is 11.6 Å². The van der Waals surface area contributed by atoms with Gasteiger partial charge in [0.15, 0.2) is 5.78 Å². The molecule has 0 aliphatic heterocycles. The first-order chi connectivity index (χ1) is 3.55. The van der Waals surface area contributed by atoms with E-state index >= 15 is 0 Å². The zero-order chi connectivity index (χ0) is 6.73. The number of halogens is 1. The van der Waals surface area contributed by atoms with Crippen molar-refractivity contribution in [2.75, 3.05) is 0 Å². The highest BCUT2D eigenvalue weighted by atomic mass is 35.5. The van der Waals surface area contributed by atoms with Crippen LogP contribution in [0.2, 0.25) is 0 Å². The number of aliphatic carboxylic acids is 1. The monoisotopic (exact) mass is 135 g/mol. The normalized spacial score (nSPS) is 12.8. The molecule has 0 aliphatic carbocycles. The van der Waals surface area contributed by atoms with Crippen molar-refractivity contribution >= 4 is 23.4 Å². The van der Waals surface area contributed by atoms with E-state index in [1.165, 1.54) is 0 Å². The van der Waals surface area contributed by atoms with E-state index in [0.29, 0.717) is 0 Å². The van der Waals surface area contributed by atoms with Gasteiger partial charge in [-0.25, -0.2) is 0 Å². The number of hydrogen-bond acceptors (Lipinski definition) is 3. The molecule has 0 saturated carbocycles. The number of carbonyl (C=O) groups is 2. The van der Waals surface area contributed by atoms with Crippen LogP contribution in [-0.4, -0.2) is 17.1 Å². The lowest BCUT2D eigenvalue weighted by Crippen LogP contribution is -2.36. The lowest BCUT2D eigenvalue weighted by molar-refractivity contribution is -0.303. The van der Waals surface area contributed by atoms with Gasteiger partial charge in [-0.05, 0) is 6.92 Å². The number of alkyl halides is 1. The van der Waals surface area contributed by atoms with Crippen LogP contribution in [0.15, 0.2) is 0 Å². The van der Waals surface area contributed by atoms with E-state index in [0.717, 1.165) is 6.92 Å². The molecule has 0 aromatic heterocycles. The molecular formula is C4H4ClO3-. The van der Waals surface area contributed by atoms with E-state index in [2.05, 4.69) is 0 Å². The van der Waals surface area contributed by atoms with Crippen molar-refractivity contribution in [3.05, 3.63) is 0 Å². The minimum absolute atomic E-state index is 0.605. The third-order valence-electron chi connectivity index (χ3n) is 0.564. The van der Waals surface area contributed by atoms with Crippen LogP contribution in [0.3, 0.4) is 0 Å². The van der Waals surface area contributed by atoms with Crippen molar-refractivity contribution in [2.24, 2.45) is 0 Å². The van der Waals surface area contributed by atoms with Crippen LogP contribution in [-0.2, 0) is 9.59 Å². The molecular weight excluding hydrogens is 131 g/mol. The molecule has 1 atom stereocenters. The van der Waals surface area contributed by atoms with Crippen molar-refractivity contribution in [2.45, 2.75) is 12.3 Å². The van der Waals surface area contributed by atoms with Crippen molar-refractivity contribution < 1.29 is 14.7 Å². The SMILES string of the molecule is CC(=O)C(Cl)C(=O)[O-]. The summed E-state index contributed by atoms with van der Waals surface area (Å²) in [5.74, 6) is -2.15. The van der Waals surface area contributed by atoms with Crippen molar-refractivity contribution in [1.82, 2.24) is 0 Å². The van der Waals surface area contributed by atoms with Gasteiger partial charge < -0.3 is 9.90 Å². The Kier molecular flexibility index (Phi) is 2.48. The summed E-state index contributed by atoms with van der Waals surface area (Å²) in [7, 11) is 0. The summed E-state index contributed by atoms with van der Waals surface area (Å²) >= 11 is 4.94. The molecule has 0 fully saturated rings. The van der Waals surface area contributed by atoms with Gasteiger partial charge in [0.25, 0.3) is 0 Å². The Labute approximate surface area is 51.3 Å². The molecule has 8 heavy (non-hydrogen) atoms. The highest BCUT2D eigenvalue weighted by Crippen LogP contribution is 1.93. The molecule has 3 nitrogen and oxygen atoms in total. The fraction of sp³-hybridized carbons (Fsp3) is 0.500. The van der Waals surface area contributed by atoms with E-state index < -0.39 is 17.1 Å². The number of carboxylic acids is 1. The van der Waals surface area contributed by atoms with Gasteiger partial charge in [0, 0.05) is 0 Å². The van der Waals surface area contributed by atoms with E-state index in [4.69, 9.17) is 11.6 Å². The lowest BCUT2D eigenvalue weighted by Gasteiger charge is -2.03. The number of carboxylic acid groups (broad SMARTS) is 1. The van der Waals surface area contributed by atoms with Crippen LogP contribution in [0.4, 0.5) is 0 Å². The highest BCUT2D eigenvalue weighted by Gasteiger charge is 2.09. The van der Waals surface area contributed by atoms with Crippen LogP contribution in [0.1, 0.15) is 6.92 Å². The minimum Gasteiger partial charge on any atom is -0.548 e. The Morgan fingerprint density at radius 1 is 1.62 bits per heavy atom. The van der Waals surface area contributed by atoms with Crippen molar-refractivity contribution in [1.29, 1.82) is 0 Å². The molecule has 0 N–H and O–H groups in total. The predicted molar refractivity (Wildman–Crippen MR) is 25.3 cm³/mol. The van der Waals surface area contributed by atoms with Gasteiger partial charge in [-0.2, -0.15) is 0 Å². The van der Waals surface area contributed by atoms with Gasteiger partial charge in [-0.3, -0.25) is 4.79 Å². The number of carbonyl (C=O) groups excluding carboxylic acids is 2. The number of ketones is 1. The largest absolute Gasteiger partial charge is 0.548 e. The Hall–Kier alpha value is -0.570. The average Bonchev–Trinajstić information content (AvgIpc) is 1.64. The van der Waals surface area contributed by atoms with Crippen molar-refractivity contribution in [3.8, 4) is 0 Å². The number of rotatable bonds is 2. The van der Waals surface area contributed by atoms with E-state index in [9.17, 15) is 14.7 Å². The topological polar surface area (TPSA) is 57.2 Å². The maximum Gasteiger partial charge on any atom is 0.153 e. The Bertz CT molecular complexity index is 106. The second kappa shape index (κ2) is 2.67. The Morgan fingerprint density at radius 3 is 2.00 bits per heavy atom. The molecule has 0 amide bonds. The third kappa shape index (κ3) is 1.93. The summed E-state index contributed by atoms with van der Waals surface area (Å²) in [5.41, 5.74) is 0. The smallest absolute Gasteiger partial charge is 0.153 e. The summed E-state index contributed by atoms with van der Waals surface area (Å²) in [6.45, 7) is 1.09. The minimum atomic E-state index is -1.54. The maximum atomic E-state index is 10.0. The fourth-order valence-corrected chi connectivity index (χ4v) is 0.166. The Balaban J connectivity index is 3.83. The van der Waals surface area contributed by atoms with Crippen molar-refractivity contribution in [3.63, 3.8) is 0 Å². The van der Waals surface area contributed by atoms with Gasteiger partial charge in [-0.1, -0.05) is 0 Å². The molecule has 0 saturated heterocycles. The lowest BCUT2D eigenvalue weighted by atomic mass is 10.3. The number of hydrogen-bond donors (Lipinski definition) is 0. The molecule has 0 aliphatic rings. The molecule has 0 radical (unpaired) electrons. The van der Waals surface area contributed by atoms with E-state index in [-0.39, 0.29) is 0 Å². The molecule has 0 spiro atoms. The fourth-order valence-electron chi connectivity index (χ4n) is 0.166. The van der Waals surface area contributed by atoms with Crippen LogP contribution in [0, 0.1) is 0 Å². The van der Waals surface area contributed by atoms with Crippen LogP contribution in [0.25, 0.3) is 0 Å². The molecule has 0 heterocycles. The maximum absolute atomic E-state index is 10.0. The predicted octanol–water partition coefficient (Wildman–Crippen LogP) is -1.07. The second-order valence-electron chi connectivity index (χ2n) is 1.29. The standard InChI is InChI=1S/C4H5ClO3/c1-2(6)3(5)4(7)8/h3H,1H3,(H,7,8)/p-1. The number of Topliss-reactive ketones (excluding diaryl/α,β-unsaturated/α-hetero) is 1. The molecule has 0 bridgehead atoms. The first-order valence-electron chi connectivity index (χ1n) is 1.91. The summed E-state index contributed by atoms with van der Waals surface area (Å²) in [5, 5.41) is 8.19. The first-order valence-corrected chi connectivity index (χ1v) is 2.34. The molecule has 0 aromatic carbocycles. The first kappa shape index (κ1) is 7.43. The molecule has 1 unspecified atom stereocenters. The molecule has 0 rings (SSSR count). The van der Waals surface area contributed by atoms with Crippen LogP contribution in [0.5, 0.6) is 0 Å². The van der Waals surface area contributed by atoms with Gasteiger partial charge in [0.2, 0.25) is 0 Å². The van der Waals surface area contributed by atoms with Gasteiger partial charge in [-0.15, -0.1) is 11.6 Å². The molecule has 46 valence electrons. The summed E-state index contributed by atoms with van der Waals surface area (Å²) in [6, 6.07) is 0. The van der Waals surface area contributed by atoms with Gasteiger partial charge in [0.1, 0.15) is 5.38 Å². The van der Waals surface area contributed by atoms with Gasteiger partial charge >= 0.3 is 0 Å². The average molecular weight is 136 g/mol. The van der Waals surface area contributed by atoms with E-state index in [1.54, 1.807) is 0 Å². The third-order valence-corrected chi connectivity index (χ3v) is 1.05. The van der Waals surface area contributed by atoms with E-state index in [1.807, 2.05) is 0 Å². The zero-order valence-corrected chi connectivity index (χ0v) is 4.94. The zero-order valence-electron chi connectivity index (χ0n) is 4.18. The quantitative estimate of drug-likeness (QED) is 0.358. The highest BCUT2D eigenvalue weighted by molar-refractivity contribution is 6.40. The Morgan fingerprint density at radius 2 is 2.00 bits per heavy atom. The summed E-state index contributed by atoms with van der Waals surface area (Å²) in [6.07, 6.45) is 0. The second-order valence-corrected chi connectivity index (χ2v) is 1.73. The summed E-state index contributed by atoms with van der Waals surface area (Å²) < 4.78 is 0. The molecule has 0 aromatic rings.